The van der Waals surface area contributed by atoms with Gasteiger partial charge in [-0.3, -0.25) is 14.5 Å². The molecule has 1 aliphatic carbocycles. The fourth-order valence-electron chi connectivity index (χ4n) is 8.76. The fourth-order valence-corrected chi connectivity index (χ4v) is 8.76. The minimum Gasteiger partial charge on any atom is -0.506 e. The Hall–Kier alpha value is -6.27. The van der Waals surface area contributed by atoms with Crippen molar-refractivity contribution in [3.05, 3.63) is 160 Å². The van der Waals surface area contributed by atoms with E-state index in [4.69, 9.17) is 0 Å². The van der Waals surface area contributed by atoms with Gasteiger partial charge in [0.1, 0.15) is 5.75 Å². The lowest BCUT2D eigenvalue weighted by Gasteiger charge is -2.39. The predicted molar refractivity (Wildman–Crippen MR) is 247 cm³/mol. The van der Waals surface area contributed by atoms with Crippen LogP contribution in [0, 0.1) is 0 Å². The third-order valence-corrected chi connectivity index (χ3v) is 12.1. The van der Waals surface area contributed by atoms with E-state index in [-0.39, 0.29) is 29.8 Å². The van der Waals surface area contributed by atoms with Gasteiger partial charge in [0.2, 0.25) is 11.5 Å². The summed E-state index contributed by atoms with van der Waals surface area (Å²) >= 11 is 0. The van der Waals surface area contributed by atoms with Crippen molar-refractivity contribution >= 4 is 34.3 Å². The summed E-state index contributed by atoms with van der Waals surface area (Å²) in [5.41, 5.74) is 7.09. The molecule has 11 heteroatoms. The van der Waals surface area contributed by atoms with Gasteiger partial charge in [-0.1, -0.05) is 91.0 Å². The summed E-state index contributed by atoms with van der Waals surface area (Å²) in [7, 11) is 2.20. The minimum absolute atomic E-state index is 0.0570. The van der Waals surface area contributed by atoms with Crippen LogP contribution in [0.2, 0.25) is 0 Å². The van der Waals surface area contributed by atoms with Crippen molar-refractivity contribution in [1.29, 1.82) is 0 Å². The van der Waals surface area contributed by atoms with E-state index in [9.17, 15) is 29.7 Å². The van der Waals surface area contributed by atoms with E-state index in [2.05, 4.69) is 51.8 Å². The summed E-state index contributed by atoms with van der Waals surface area (Å²) in [6.07, 6.45) is 5.33. The number of fused-ring (bicyclic) bond motifs is 1. The van der Waals surface area contributed by atoms with E-state index in [0.717, 1.165) is 67.3 Å². The van der Waals surface area contributed by atoms with Crippen LogP contribution in [0.5, 0.6) is 5.75 Å². The predicted octanol–water partition coefficient (Wildman–Crippen LogP) is 9.05. The number of nitrogens with zero attached hydrogens (tertiary/aromatic N) is 2. The molecular weight excluding hydrogens is 779 g/mol. The number of aromatic hydroxyl groups is 1. The van der Waals surface area contributed by atoms with Crippen LogP contribution in [0.3, 0.4) is 0 Å². The number of phenols is 1. The van der Waals surface area contributed by atoms with Crippen molar-refractivity contribution in [3.63, 3.8) is 0 Å². The van der Waals surface area contributed by atoms with Gasteiger partial charge in [-0.15, -0.1) is 0 Å². The zero-order valence-corrected chi connectivity index (χ0v) is 35.3. The molecule has 7 rings (SSSR count). The molecule has 0 radical (unpaired) electrons. The van der Waals surface area contributed by atoms with Crippen LogP contribution in [0.1, 0.15) is 73.3 Å². The number of amides is 2. The Bertz CT molecular complexity index is 2470. The molecule has 1 atom stereocenters. The van der Waals surface area contributed by atoms with Crippen LogP contribution < -0.4 is 21.1 Å². The number of hydrogen-bond donors (Lipinski definition) is 6. The number of carboxylic acid groups (broad SMARTS) is 1. The quantitative estimate of drug-likeness (QED) is 0.0501. The number of aryl methyl sites for hydroxylation is 2. The molecule has 1 aliphatic rings. The number of aliphatic hydroxyl groups excluding tert-OH is 1. The van der Waals surface area contributed by atoms with Crippen molar-refractivity contribution < 1.29 is 24.9 Å². The molecule has 2 amide bonds. The van der Waals surface area contributed by atoms with Gasteiger partial charge in [-0.25, -0.2) is 4.79 Å². The van der Waals surface area contributed by atoms with E-state index in [1.165, 1.54) is 17.7 Å². The number of carbonyl (C=O) groups excluding carboxylic acids is 1. The number of pyridine rings is 1. The van der Waals surface area contributed by atoms with Gasteiger partial charge < -0.3 is 35.8 Å². The number of carbonyl (C=O) groups is 2. The van der Waals surface area contributed by atoms with Crippen LogP contribution in [0.25, 0.3) is 22.0 Å². The monoisotopic (exact) mass is 835 g/mol. The lowest BCUT2D eigenvalue weighted by molar-refractivity contribution is -0.116. The number of rotatable bonds is 18. The molecular formula is C51H57N5O6. The number of aromatic amines is 1. The van der Waals surface area contributed by atoms with Crippen LogP contribution in [0.4, 0.5) is 16.2 Å². The van der Waals surface area contributed by atoms with Crippen LogP contribution in [-0.2, 0) is 24.2 Å². The molecule has 322 valence electrons. The highest BCUT2D eigenvalue weighted by Gasteiger charge is 2.32. The number of aromatic nitrogens is 1. The number of hydrogen-bond acceptors (Lipinski definition) is 7. The first-order valence-electron chi connectivity index (χ1n) is 21.7. The molecule has 62 heavy (non-hydrogen) atoms. The Morgan fingerprint density at radius 2 is 1.45 bits per heavy atom. The molecule has 1 aromatic heterocycles. The van der Waals surface area contributed by atoms with E-state index < -0.39 is 12.2 Å². The molecule has 6 N–H and O–H groups in total. The Balaban J connectivity index is 0.910. The first-order valence-corrected chi connectivity index (χ1v) is 21.7. The maximum Gasteiger partial charge on any atom is 0.412 e. The second kappa shape index (κ2) is 21.0. The van der Waals surface area contributed by atoms with E-state index in [1.807, 2.05) is 78.9 Å². The zero-order chi connectivity index (χ0) is 43.4. The second-order valence-electron chi connectivity index (χ2n) is 16.4. The Kier molecular flexibility index (Phi) is 14.8. The van der Waals surface area contributed by atoms with Crippen molar-refractivity contribution in [2.75, 3.05) is 30.4 Å². The normalized spacial score (nSPS) is 15.7. The van der Waals surface area contributed by atoms with E-state index in [1.54, 1.807) is 17.0 Å². The molecule has 0 bridgehead atoms. The smallest absolute Gasteiger partial charge is 0.412 e. The average molecular weight is 836 g/mol. The van der Waals surface area contributed by atoms with Gasteiger partial charge >= 0.3 is 6.09 Å². The highest BCUT2D eigenvalue weighted by atomic mass is 16.4. The molecule has 1 saturated carbocycles. The van der Waals surface area contributed by atoms with Crippen molar-refractivity contribution in [2.45, 2.75) is 82.5 Å². The Morgan fingerprint density at radius 1 is 0.774 bits per heavy atom. The van der Waals surface area contributed by atoms with Crippen LogP contribution in [-0.4, -0.2) is 69.4 Å². The second-order valence-corrected chi connectivity index (χ2v) is 16.4. The summed E-state index contributed by atoms with van der Waals surface area (Å²) in [6.45, 7) is 1.74. The number of nitrogens with one attached hydrogen (secondary N) is 3. The molecule has 0 saturated heterocycles. The van der Waals surface area contributed by atoms with Gasteiger partial charge in [0, 0.05) is 54.3 Å². The highest BCUT2D eigenvalue weighted by molar-refractivity contribution is 5.94. The van der Waals surface area contributed by atoms with Crippen LogP contribution >= 0.6 is 0 Å². The Morgan fingerprint density at radius 3 is 2.18 bits per heavy atom. The van der Waals surface area contributed by atoms with Gasteiger partial charge in [0.05, 0.1) is 17.3 Å². The topological polar surface area (TPSA) is 158 Å². The molecule has 6 aromatic rings. The minimum atomic E-state index is -0.944. The van der Waals surface area contributed by atoms with E-state index in [0.29, 0.717) is 59.7 Å². The SMILES string of the molecule is CN(CCCc1ccccc1)C1CCC(N(C(=O)O)c2cc(CCCC(=O)Nc3ccc(CNC[C@H](O)c4ccc(O)c5[nH]c(=O)ccc45)cc3)ccc2-c2ccccc2)CC1. The number of benzene rings is 5. The van der Waals surface area contributed by atoms with E-state index >= 15 is 0 Å². The molecule has 1 heterocycles. The lowest BCUT2D eigenvalue weighted by Crippen LogP contribution is -2.45. The standard InChI is InChI=1S/C51H57N5O6/c1-55(31-9-13-35-10-4-2-5-11-35)40-22-24-41(25-23-40)56(51(61)62)45-32-36(19-26-42(45)38-14-6-3-7-15-38)12-8-16-48(59)53-39-20-17-37(18-21-39)33-52-34-47(58)43-27-29-46(57)50-44(43)28-30-49(60)54-50/h2-7,10-11,14-15,17-21,26-30,32,40-41,47,52,57-58H,8-9,12-13,16,22-25,31,33-34H2,1H3,(H,53,59)(H,54,60)(H,61,62)/t40?,41?,47-/m0/s1. The van der Waals surface area contributed by atoms with Gasteiger partial charge in [0.15, 0.2) is 0 Å². The fraction of sp³-hybridized carbons (Fsp3) is 0.314. The lowest BCUT2D eigenvalue weighted by atomic mass is 9.88. The van der Waals surface area contributed by atoms with Gasteiger partial charge in [-0.05, 0) is 123 Å². The number of aliphatic hydroxyl groups is 1. The zero-order valence-electron chi connectivity index (χ0n) is 35.3. The average Bonchev–Trinajstić information content (AvgIpc) is 3.28. The summed E-state index contributed by atoms with van der Waals surface area (Å²) in [4.78, 5) is 44.6. The molecule has 11 nitrogen and oxygen atoms in total. The summed E-state index contributed by atoms with van der Waals surface area (Å²) in [5.74, 6) is -0.157. The summed E-state index contributed by atoms with van der Waals surface area (Å²) < 4.78 is 0. The van der Waals surface area contributed by atoms with Gasteiger partial charge in [-0.2, -0.15) is 0 Å². The van der Waals surface area contributed by atoms with Crippen molar-refractivity contribution in [3.8, 4) is 16.9 Å². The third kappa shape index (κ3) is 11.3. The summed E-state index contributed by atoms with van der Waals surface area (Å²) in [5, 5.41) is 38.6. The first kappa shape index (κ1) is 43.8. The van der Waals surface area contributed by atoms with Gasteiger partial charge in [0.25, 0.3) is 0 Å². The number of anilines is 2. The first-order chi connectivity index (χ1) is 30.1. The van der Waals surface area contributed by atoms with Crippen molar-refractivity contribution in [1.82, 2.24) is 15.2 Å². The molecule has 0 unspecified atom stereocenters. The highest BCUT2D eigenvalue weighted by Crippen LogP contribution is 2.37. The Labute approximate surface area is 363 Å². The molecule has 0 spiro atoms. The molecule has 1 fully saturated rings. The largest absolute Gasteiger partial charge is 0.506 e. The van der Waals surface area contributed by atoms with Crippen LogP contribution in [0.15, 0.2) is 132 Å². The maximum absolute atomic E-state index is 13.1. The molecule has 0 aliphatic heterocycles. The third-order valence-electron chi connectivity index (χ3n) is 12.1. The van der Waals surface area contributed by atoms with Crippen molar-refractivity contribution in [2.24, 2.45) is 0 Å². The maximum atomic E-state index is 13.1. The number of phenolic OH excluding ortho intramolecular Hbond substituents is 1. The molecule has 5 aromatic carbocycles. The summed E-state index contributed by atoms with van der Waals surface area (Å²) in [6, 6.07) is 40.5. The number of H-pyrrole nitrogens is 1.